The average Bonchev–Trinajstić information content (AvgIpc) is 3.02. The molecule has 4 nitrogen and oxygen atoms in total. The smallest absolute Gasteiger partial charge is 0.123 e. The topological polar surface area (TPSA) is 40.3 Å². The molecule has 1 aromatic heterocycles. The zero-order chi connectivity index (χ0) is 19.9. The van der Waals surface area contributed by atoms with Crippen molar-refractivity contribution in [1.29, 1.82) is 0 Å². The van der Waals surface area contributed by atoms with Crippen LogP contribution in [0.4, 0.5) is 0 Å². The lowest BCUT2D eigenvalue weighted by molar-refractivity contribution is -0.174. The van der Waals surface area contributed by atoms with Crippen LogP contribution in [0.15, 0.2) is 48.5 Å². The fourth-order valence-electron chi connectivity index (χ4n) is 6.55. The van der Waals surface area contributed by atoms with Gasteiger partial charge in [0.25, 0.3) is 0 Å². The fraction of sp³-hybridized carbons (Fsp3) is 0.462. The normalized spacial score (nSPS) is 31.7. The summed E-state index contributed by atoms with van der Waals surface area (Å²) in [5.41, 5.74) is 6.02. The van der Waals surface area contributed by atoms with Crippen molar-refractivity contribution < 1.29 is 4.74 Å². The lowest BCUT2D eigenvalue weighted by atomic mass is 9.48. The second-order valence-corrected chi connectivity index (χ2v) is 10.1. The Balaban J connectivity index is 0.00000185. The molecule has 162 valence electrons. The van der Waals surface area contributed by atoms with Crippen molar-refractivity contribution in [2.45, 2.75) is 56.3 Å². The summed E-state index contributed by atoms with van der Waals surface area (Å²) >= 11 is 0. The molecule has 2 aliphatic heterocycles. The maximum Gasteiger partial charge on any atom is 0.123 e. The average molecular weight is 436 g/mol. The molecular formula is C26H30ClN3O. The number of halogens is 1. The number of hydrogen-bond donors (Lipinski definition) is 2. The Morgan fingerprint density at radius 3 is 2.39 bits per heavy atom. The van der Waals surface area contributed by atoms with Crippen molar-refractivity contribution >= 4 is 23.3 Å². The lowest BCUT2D eigenvalue weighted by Gasteiger charge is -2.70. The standard InChI is InChI=1S/C26H29N3O.ClH/c1-16-10-22-21-4-2-3-5-23(21)28-24(22)25(29(16)26-11-17(12-26)13-26)18-6-8-19(9-7-18)30-20-14-27-15-20;/h2-9,16-17,20,25,27-28H,10-15H2,1H3;1H/t16-,17?,25-,26?;/m1./s1. The molecule has 3 aromatic rings. The van der Waals surface area contributed by atoms with Gasteiger partial charge in [-0.25, -0.2) is 0 Å². The molecule has 3 heterocycles. The highest BCUT2D eigenvalue weighted by atomic mass is 35.5. The maximum atomic E-state index is 6.08. The van der Waals surface area contributed by atoms with Gasteiger partial charge < -0.3 is 15.0 Å². The van der Waals surface area contributed by atoms with Gasteiger partial charge in [0, 0.05) is 41.3 Å². The minimum absolute atomic E-state index is 0. The largest absolute Gasteiger partial charge is 0.488 e. The van der Waals surface area contributed by atoms with E-state index in [1.807, 2.05) is 0 Å². The van der Waals surface area contributed by atoms with E-state index in [1.165, 1.54) is 47.0 Å². The van der Waals surface area contributed by atoms with Crippen molar-refractivity contribution in [3.8, 4) is 5.75 Å². The van der Waals surface area contributed by atoms with Crippen LogP contribution in [0.2, 0.25) is 0 Å². The molecule has 0 unspecified atom stereocenters. The third-order valence-corrected chi connectivity index (χ3v) is 8.17. The molecule has 5 heteroatoms. The van der Waals surface area contributed by atoms with Crippen LogP contribution >= 0.6 is 12.4 Å². The van der Waals surface area contributed by atoms with E-state index in [4.69, 9.17) is 4.74 Å². The highest BCUT2D eigenvalue weighted by Crippen LogP contribution is 2.64. The molecule has 5 aliphatic rings. The number of nitrogens with zero attached hydrogens (tertiary/aromatic N) is 1. The quantitative estimate of drug-likeness (QED) is 0.616. The Morgan fingerprint density at radius 1 is 1.00 bits per heavy atom. The van der Waals surface area contributed by atoms with Gasteiger partial charge in [0.15, 0.2) is 0 Å². The second kappa shape index (κ2) is 6.99. The molecule has 2 bridgehead atoms. The van der Waals surface area contributed by atoms with E-state index in [-0.39, 0.29) is 12.4 Å². The third kappa shape index (κ3) is 2.81. The minimum Gasteiger partial charge on any atom is -0.488 e. The van der Waals surface area contributed by atoms with Crippen LogP contribution in [-0.2, 0) is 6.42 Å². The summed E-state index contributed by atoms with van der Waals surface area (Å²) in [6.45, 7) is 4.36. The second-order valence-electron chi connectivity index (χ2n) is 10.1. The van der Waals surface area contributed by atoms with Crippen LogP contribution in [0.3, 0.4) is 0 Å². The number of aromatic amines is 1. The Morgan fingerprint density at radius 2 is 1.74 bits per heavy atom. The van der Waals surface area contributed by atoms with Crippen molar-refractivity contribution in [1.82, 2.24) is 15.2 Å². The van der Waals surface area contributed by atoms with Gasteiger partial charge in [-0.2, -0.15) is 0 Å². The zero-order valence-corrected chi connectivity index (χ0v) is 18.8. The minimum atomic E-state index is 0. The number of nitrogens with one attached hydrogen (secondary N) is 2. The molecule has 0 spiro atoms. The monoisotopic (exact) mass is 435 g/mol. The number of fused-ring (bicyclic) bond motifs is 3. The van der Waals surface area contributed by atoms with Crippen LogP contribution in [0.25, 0.3) is 10.9 Å². The van der Waals surface area contributed by atoms with Crippen LogP contribution in [0.5, 0.6) is 5.75 Å². The van der Waals surface area contributed by atoms with Gasteiger partial charge in [-0.1, -0.05) is 30.3 Å². The first-order valence-corrected chi connectivity index (χ1v) is 11.6. The van der Waals surface area contributed by atoms with Crippen LogP contribution in [0.1, 0.15) is 49.0 Å². The number of hydrogen-bond acceptors (Lipinski definition) is 3. The molecule has 0 amide bonds. The molecular weight excluding hydrogens is 406 g/mol. The first-order chi connectivity index (χ1) is 14.7. The molecule has 31 heavy (non-hydrogen) atoms. The van der Waals surface area contributed by atoms with E-state index < -0.39 is 0 Å². The number of H-pyrrole nitrogens is 1. The number of aromatic nitrogens is 1. The van der Waals surface area contributed by atoms with Gasteiger partial charge in [-0.15, -0.1) is 12.4 Å². The van der Waals surface area contributed by atoms with Gasteiger partial charge in [-0.05, 0) is 67.9 Å². The van der Waals surface area contributed by atoms with Crippen molar-refractivity contribution in [3.63, 3.8) is 0 Å². The first kappa shape index (κ1) is 19.7. The Hall–Kier alpha value is -2.01. The summed E-state index contributed by atoms with van der Waals surface area (Å²) < 4.78 is 6.08. The van der Waals surface area contributed by atoms with Gasteiger partial charge in [-0.3, -0.25) is 4.90 Å². The van der Waals surface area contributed by atoms with Crippen LogP contribution < -0.4 is 10.1 Å². The Labute approximate surface area is 189 Å². The molecule has 2 atom stereocenters. The molecule has 8 rings (SSSR count). The number of ether oxygens (including phenoxy) is 1. The molecule has 1 saturated heterocycles. The number of para-hydroxylation sites is 1. The summed E-state index contributed by atoms with van der Waals surface area (Å²) in [6, 6.07) is 18.6. The van der Waals surface area contributed by atoms with E-state index in [1.54, 1.807) is 0 Å². The maximum absolute atomic E-state index is 6.08. The predicted octanol–water partition coefficient (Wildman–Crippen LogP) is 4.83. The molecule has 0 radical (unpaired) electrons. The van der Waals surface area contributed by atoms with Gasteiger partial charge in [0.2, 0.25) is 0 Å². The summed E-state index contributed by atoms with van der Waals surface area (Å²) in [5, 5.41) is 4.68. The Bertz CT molecular complexity index is 1100. The molecule has 3 saturated carbocycles. The van der Waals surface area contributed by atoms with Gasteiger partial charge in [0.05, 0.1) is 6.04 Å². The molecule has 4 fully saturated rings. The number of benzene rings is 2. The van der Waals surface area contributed by atoms with Gasteiger partial charge in [0.1, 0.15) is 11.9 Å². The lowest BCUT2D eigenvalue weighted by Crippen LogP contribution is -2.71. The third-order valence-electron chi connectivity index (χ3n) is 8.17. The Kier molecular flexibility index (Phi) is 4.44. The number of rotatable bonds is 4. The molecule has 2 N–H and O–H groups in total. The van der Waals surface area contributed by atoms with E-state index in [0.717, 1.165) is 31.2 Å². The van der Waals surface area contributed by atoms with Gasteiger partial charge >= 0.3 is 0 Å². The summed E-state index contributed by atoms with van der Waals surface area (Å²) in [4.78, 5) is 6.71. The van der Waals surface area contributed by atoms with Crippen molar-refractivity contribution in [2.75, 3.05) is 13.1 Å². The summed E-state index contributed by atoms with van der Waals surface area (Å²) in [7, 11) is 0. The fourth-order valence-corrected chi connectivity index (χ4v) is 6.55. The van der Waals surface area contributed by atoms with Crippen LogP contribution in [-0.4, -0.2) is 40.7 Å². The zero-order valence-electron chi connectivity index (χ0n) is 17.9. The van der Waals surface area contributed by atoms with E-state index in [2.05, 4.69) is 70.7 Å². The van der Waals surface area contributed by atoms with E-state index in [9.17, 15) is 0 Å². The summed E-state index contributed by atoms with van der Waals surface area (Å²) in [6.07, 6.45) is 5.62. The summed E-state index contributed by atoms with van der Waals surface area (Å²) in [5.74, 6) is 1.97. The first-order valence-electron chi connectivity index (χ1n) is 11.6. The molecule has 3 aliphatic carbocycles. The van der Waals surface area contributed by atoms with E-state index >= 15 is 0 Å². The van der Waals surface area contributed by atoms with Crippen molar-refractivity contribution in [2.24, 2.45) is 5.92 Å². The predicted molar refractivity (Wildman–Crippen MR) is 126 cm³/mol. The highest BCUT2D eigenvalue weighted by molar-refractivity contribution is 5.86. The van der Waals surface area contributed by atoms with Crippen LogP contribution in [0, 0.1) is 5.92 Å². The SMILES string of the molecule is C[C@@H]1Cc2c([nH]c3ccccc23)[C@@H](c2ccc(OC3CNC3)cc2)N1C12CC(C1)C2.Cl. The van der Waals surface area contributed by atoms with Crippen molar-refractivity contribution in [3.05, 3.63) is 65.4 Å². The molecule has 2 aromatic carbocycles. The highest BCUT2D eigenvalue weighted by Gasteiger charge is 2.63. The van der Waals surface area contributed by atoms with E-state index in [0.29, 0.717) is 23.7 Å².